The highest BCUT2D eigenvalue weighted by Crippen LogP contribution is 2.32. The number of aryl methyl sites for hydroxylation is 1. The summed E-state index contributed by atoms with van der Waals surface area (Å²) in [6.07, 6.45) is 0.792. The molecule has 0 radical (unpaired) electrons. The van der Waals surface area contributed by atoms with Crippen LogP contribution in [0.15, 0.2) is 86.7 Å². The molecule has 2 aromatic heterocycles. The lowest BCUT2D eigenvalue weighted by Gasteiger charge is -2.07. The maximum absolute atomic E-state index is 13.6. The summed E-state index contributed by atoms with van der Waals surface area (Å²) in [5.74, 6) is 0.931. The lowest BCUT2D eigenvalue weighted by molar-refractivity contribution is 0.102. The third-order valence-electron chi connectivity index (χ3n) is 5.84. The second-order valence-corrected chi connectivity index (χ2v) is 10.3. The van der Waals surface area contributed by atoms with Gasteiger partial charge < -0.3 is 13.9 Å². The molecule has 0 saturated heterocycles. The Morgan fingerprint density at radius 1 is 1.03 bits per heavy atom. The second kappa shape index (κ2) is 11.2. The van der Waals surface area contributed by atoms with Gasteiger partial charge in [0.15, 0.2) is 5.13 Å². The standard InChI is InChI=1S/C29H24BrN3O4S/c1-4-25-26(17-8-10-19(30)11-9-17)32-29(38-25)33-27(34)23-15-18-14-22(36-3)12-13-24(18)37-28(23)31-20-6-5-7-21(16-20)35-2/h5-16H,4H2,1-3H3,(H,32,33,34). The van der Waals surface area contributed by atoms with Crippen LogP contribution in [0.5, 0.6) is 11.5 Å². The molecule has 2 heterocycles. The summed E-state index contributed by atoms with van der Waals surface area (Å²) in [5.41, 5.74) is 3.46. The SMILES string of the molecule is CCc1sc(NC(=O)c2cc3cc(OC)ccc3oc2=Nc2cccc(OC)c2)nc1-c1ccc(Br)cc1. The number of anilines is 1. The van der Waals surface area contributed by atoms with Crippen molar-refractivity contribution in [3.63, 3.8) is 0 Å². The Morgan fingerprint density at radius 3 is 2.53 bits per heavy atom. The molecule has 0 spiro atoms. The van der Waals surface area contributed by atoms with Gasteiger partial charge in [-0.15, -0.1) is 11.3 Å². The number of carbonyl (C=O) groups excluding carboxylic acids is 1. The highest BCUT2D eigenvalue weighted by molar-refractivity contribution is 9.10. The molecule has 5 rings (SSSR count). The minimum atomic E-state index is -0.376. The Morgan fingerprint density at radius 2 is 1.79 bits per heavy atom. The molecule has 0 saturated carbocycles. The van der Waals surface area contributed by atoms with Gasteiger partial charge in [-0.05, 0) is 55.0 Å². The molecule has 0 unspecified atom stereocenters. The molecule has 1 N–H and O–H groups in total. The maximum Gasteiger partial charge on any atom is 0.262 e. The first-order chi connectivity index (χ1) is 18.5. The van der Waals surface area contributed by atoms with Crippen LogP contribution in [0.25, 0.3) is 22.2 Å². The summed E-state index contributed by atoms with van der Waals surface area (Å²) >= 11 is 4.93. The van der Waals surface area contributed by atoms with Gasteiger partial charge in [-0.2, -0.15) is 0 Å². The zero-order valence-corrected chi connectivity index (χ0v) is 23.4. The number of thiazole rings is 1. The van der Waals surface area contributed by atoms with Gasteiger partial charge in [0.05, 0.1) is 25.6 Å². The van der Waals surface area contributed by atoms with Crippen LogP contribution >= 0.6 is 27.3 Å². The van der Waals surface area contributed by atoms with Crippen molar-refractivity contribution in [3.8, 4) is 22.8 Å². The normalized spacial score (nSPS) is 11.5. The van der Waals surface area contributed by atoms with Crippen molar-refractivity contribution in [1.82, 2.24) is 4.98 Å². The maximum atomic E-state index is 13.6. The third-order valence-corrected chi connectivity index (χ3v) is 7.48. The van der Waals surface area contributed by atoms with E-state index >= 15 is 0 Å². The predicted octanol–water partition coefficient (Wildman–Crippen LogP) is 7.38. The van der Waals surface area contributed by atoms with E-state index in [0.29, 0.717) is 33.3 Å². The van der Waals surface area contributed by atoms with E-state index in [0.717, 1.165) is 27.0 Å². The van der Waals surface area contributed by atoms with Crippen molar-refractivity contribution in [2.24, 2.45) is 4.99 Å². The van der Waals surface area contributed by atoms with Gasteiger partial charge in [0.25, 0.3) is 5.91 Å². The Hall–Kier alpha value is -3.95. The lowest BCUT2D eigenvalue weighted by Crippen LogP contribution is -2.21. The summed E-state index contributed by atoms with van der Waals surface area (Å²) in [6, 6.07) is 22.4. The summed E-state index contributed by atoms with van der Waals surface area (Å²) in [6.45, 7) is 2.07. The van der Waals surface area contributed by atoms with E-state index in [1.165, 1.54) is 11.3 Å². The van der Waals surface area contributed by atoms with E-state index in [9.17, 15) is 4.79 Å². The van der Waals surface area contributed by atoms with Crippen LogP contribution in [0.1, 0.15) is 22.2 Å². The minimum absolute atomic E-state index is 0.175. The number of amides is 1. The molecule has 3 aromatic carbocycles. The number of fused-ring (bicyclic) bond motifs is 1. The number of halogens is 1. The van der Waals surface area contributed by atoms with Gasteiger partial charge in [-0.1, -0.05) is 41.1 Å². The Bertz CT molecular complexity index is 1690. The van der Waals surface area contributed by atoms with E-state index < -0.39 is 0 Å². The molecule has 0 aliphatic rings. The average molecular weight is 590 g/mol. The average Bonchev–Trinajstić information content (AvgIpc) is 3.35. The number of hydrogen-bond donors (Lipinski definition) is 1. The molecule has 9 heteroatoms. The molecule has 0 aliphatic heterocycles. The number of hydrogen-bond acceptors (Lipinski definition) is 7. The molecule has 7 nitrogen and oxygen atoms in total. The van der Waals surface area contributed by atoms with Gasteiger partial charge in [0.1, 0.15) is 22.6 Å². The fourth-order valence-electron chi connectivity index (χ4n) is 3.92. The van der Waals surface area contributed by atoms with Crippen LogP contribution in [0.3, 0.4) is 0 Å². The predicted molar refractivity (Wildman–Crippen MR) is 154 cm³/mol. The topological polar surface area (TPSA) is 86.0 Å². The Kier molecular flexibility index (Phi) is 7.57. The number of ether oxygens (including phenoxy) is 2. The third kappa shape index (κ3) is 5.49. The van der Waals surface area contributed by atoms with Crippen LogP contribution in [0.2, 0.25) is 0 Å². The monoisotopic (exact) mass is 589 g/mol. The molecular formula is C29H24BrN3O4S. The summed E-state index contributed by atoms with van der Waals surface area (Å²) in [4.78, 5) is 24.1. The lowest BCUT2D eigenvalue weighted by atomic mass is 10.1. The van der Waals surface area contributed by atoms with Gasteiger partial charge >= 0.3 is 0 Å². The smallest absolute Gasteiger partial charge is 0.262 e. The molecule has 0 aliphatic carbocycles. The van der Waals surface area contributed by atoms with Gasteiger partial charge in [0, 0.05) is 26.4 Å². The molecule has 0 atom stereocenters. The number of carbonyl (C=O) groups is 1. The van der Waals surface area contributed by atoms with Gasteiger partial charge in [-0.3, -0.25) is 10.1 Å². The second-order valence-electron chi connectivity index (χ2n) is 8.29. The van der Waals surface area contributed by atoms with Crippen molar-refractivity contribution in [3.05, 3.63) is 93.3 Å². The largest absolute Gasteiger partial charge is 0.497 e. The molecule has 5 aromatic rings. The van der Waals surface area contributed by atoms with Gasteiger partial charge in [0.2, 0.25) is 5.55 Å². The van der Waals surface area contributed by atoms with E-state index in [1.54, 1.807) is 38.5 Å². The van der Waals surface area contributed by atoms with Crippen molar-refractivity contribution < 1.29 is 18.7 Å². The summed E-state index contributed by atoms with van der Waals surface area (Å²) in [7, 11) is 3.18. The fourth-order valence-corrected chi connectivity index (χ4v) is 5.10. The van der Waals surface area contributed by atoms with Gasteiger partial charge in [-0.25, -0.2) is 9.98 Å². The molecular weight excluding hydrogens is 566 g/mol. The van der Waals surface area contributed by atoms with Crippen LogP contribution in [-0.4, -0.2) is 25.1 Å². The fraction of sp³-hybridized carbons (Fsp3) is 0.138. The van der Waals surface area contributed by atoms with Crippen LogP contribution in [0.4, 0.5) is 10.8 Å². The van der Waals surface area contributed by atoms with Crippen LogP contribution in [-0.2, 0) is 6.42 Å². The van der Waals surface area contributed by atoms with Crippen LogP contribution < -0.4 is 20.3 Å². The van der Waals surface area contributed by atoms with Crippen molar-refractivity contribution in [2.75, 3.05) is 19.5 Å². The van der Waals surface area contributed by atoms with Crippen molar-refractivity contribution >= 4 is 55.0 Å². The first-order valence-corrected chi connectivity index (χ1v) is 13.5. The quantitative estimate of drug-likeness (QED) is 0.214. The molecule has 0 fully saturated rings. The minimum Gasteiger partial charge on any atom is -0.497 e. The van der Waals surface area contributed by atoms with E-state index in [1.807, 2.05) is 48.5 Å². The first-order valence-electron chi connectivity index (χ1n) is 11.8. The van der Waals surface area contributed by atoms with E-state index in [-0.39, 0.29) is 17.0 Å². The number of rotatable bonds is 7. The number of aromatic nitrogens is 1. The highest BCUT2D eigenvalue weighted by atomic mass is 79.9. The number of nitrogens with zero attached hydrogens (tertiary/aromatic N) is 2. The van der Waals surface area contributed by atoms with Crippen LogP contribution in [0, 0.1) is 0 Å². The zero-order chi connectivity index (χ0) is 26.6. The first kappa shape index (κ1) is 25.7. The van der Waals surface area contributed by atoms with E-state index in [2.05, 4.69) is 33.2 Å². The Labute approximate surface area is 231 Å². The molecule has 192 valence electrons. The van der Waals surface area contributed by atoms with Crippen molar-refractivity contribution in [1.29, 1.82) is 0 Å². The number of nitrogens with one attached hydrogen (secondary N) is 1. The van der Waals surface area contributed by atoms with Crippen molar-refractivity contribution in [2.45, 2.75) is 13.3 Å². The highest BCUT2D eigenvalue weighted by Gasteiger charge is 2.18. The molecule has 0 bridgehead atoms. The summed E-state index contributed by atoms with van der Waals surface area (Å²) < 4.78 is 17.8. The number of methoxy groups -OCH3 is 2. The number of benzene rings is 3. The summed E-state index contributed by atoms with van der Waals surface area (Å²) in [5, 5.41) is 4.17. The van der Waals surface area contributed by atoms with E-state index in [4.69, 9.17) is 18.9 Å². The Balaban J connectivity index is 1.58. The molecule has 1 amide bonds. The molecule has 38 heavy (non-hydrogen) atoms. The zero-order valence-electron chi connectivity index (χ0n) is 20.9.